The van der Waals surface area contributed by atoms with Crippen LogP contribution in [0.5, 0.6) is 0 Å². The lowest BCUT2D eigenvalue weighted by Gasteiger charge is -2.41. The summed E-state index contributed by atoms with van der Waals surface area (Å²) in [4.78, 5) is 2.70. The Labute approximate surface area is 95.4 Å². The van der Waals surface area contributed by atoms with E-state index in [0.29, 0.717) is 0 Å². The fraction of sp³-hybridized carbons (Fsp3) is 1.00. The Bertz CT molecular complexity index is 168. The van der Waals surface area contributed by atoms with E-state index in [-0.39, 0.29) is 0 Å². The van der Waals surface area contributed by atoms with Crippen molar-refractivity contribution in [3.05, 3.63) is 0 Å². The van der Waals surface area contributed by atoms with Gasteiger partial charge in [-0.05, 0) is 31.7 Å². The molecule has 15 heavy (non-hydrogen) atoms. The topological polar surface area (TPSA) is 15.3 Å². The van der Waals surface area contributed by atoms with E-state index in [2.05, 4.69) is 37.9 Å². The van der Waals surface area contributed by atoms with Crippen LogP contribution in [0.25, 0.3) is 0 Å². The van der Waals surface area contributed by atoms with E-state index in [0.717, 1.165) is 18.0 Å². The number of nitrogens with zero attached hydrogens (tertiary/aromatic N) is 1. The molecule has 0 amide bonds. The summed E-state index contributed by atoms with van der Waals surface area (Å²) in [5.41, 5.74) is 0. The highest BCUT2D eigenvalue weighted by molar-refractivity contribution is 4.85. The number of nitrogens with one attached hydrogen (secondary N) is 1. The third kappa shape index (κ3) is 4.12. The minimum Gasteiger partial charge on any atom is -0.311 e. The lowest BCUT2D eigenvalue weighted by atomic mass is 9.98. The predicted molar refractivity (Wildman–Crippen MR) is 67.2 cm³/mol. The van der Waals surface area contributed by atoms with Crippen molar-refractivity contribution in [2.45, 2.75) is 59.0 Å². The Hall–Kier alpha value is -0.0800. The van der Waals surface area contributed by atoms with Gasteiger partial charge in [0.15, 0.2) is 0 Å². The molecule has 1 heterocycles. The van der Waals surface area contributed by atoms with Gasteiger partial charge in [-0.15, -0.1) is 0 Å². The summed E-state index contributed by atoms with van der Waals surface area (Å²) in [7, 11) is 0. The minimum atomic E-state index is 0.722. The zero-order valence-corrected chi connectivity index (χ0v) is 10.9. The summed E-state index contributed by atoms with van der Waals surface area (Å²) >= 11 is 0. The van der Waals surface area contributed by atoms with Gasteiger partial charge in [0.2, 0.25) is 0 Å². The van der Waals surface area contributed by atoms with Crippen LogP contribution in [-0.4, -0.2) is 36.6 Å². The lowest BCUT2D eigenvalue weighted by Crippen LogP contribution is -2.56. The molecule has 2 heteroatoms. The Kier molecular flexibility index (Phi) is 5.62. The van der Waals surface area contributed by atoms with Crippen LogP contribution < -0.4 is 5.32 Å². The van der Waals surface area contributed by atoms with Crippen LogP contribution >= 0.6 is 0 Å². The normalized spacial score (nSPS) is 28.6. The third-order valence-corrected chi connectivity index (χ3v) is 3.36. The summed E-state index contributed by atoms with van der Waals surface area (Å²) in [5, 5.41) is 3.67. The second kappa shape index (κ2) is 6.49. The van der Waals surface area contributed by atoms with Crippen LogP contribution in [0.1, 0.15) is 47.0 Å². The number of hydrogen-bond acceptors (Lipinski definition) is 2. The number of piperazine rings is 1. The van der Waals surface area contributed by atoms with E-state index in [1.54, 1.807) is 0 Å². The van der Waals surface area contributed by atoms with Gasteiger partial charge in [0.05, 0.1) is 0 Å². The lowest BCUT2D eigenvalue weighted by molar-refractivity contribution is 0.113. The van der Waals surface area contributed by atoms with Gasteiger partial charge in [0, 0.05) is 25.2 Å². The molecular formula is C13H28N2. The van der Waals surface area contributed by atoms with Crippen LogP contribution in [0.15, 0.2) is 0 Å². The molecule has 2 atom stereocenters. The molecule has 0 radical (unpaired) electrons. The fourth-order valence-corrected chi connectivity index (χ4v) is 2.54. The van der Waals surface area contributed by atoms with Gasteiger partial charge in [-0.1, -0.05) is 27.7 Å². The third-order valence-electron chi connectivity index (χ3n) is 3.36. The summed E-state index contributed by atoms with van der Waals surface area (Å²) < 4.78 is 0. The first-order chi connectivity index (χ1) is 7.17. The molecule has 0 aromatic rings. The molecule has 1 rings (SSSR count). The van der Waals surface area contributed by atoms with Gasteiger partial charge in [-0.3, -0.25) is 4.90 Å². The molecule has 0 saturated carbocycles. The van der Waals surface area contributed by atoms with E-state index in [1.807, 2.05) is 0 Å². The standard InChI is InChI=1S/C13H28N2/c1-5-7-15-10-12(6-2)14-9-13(15)8-11(3)4/h11-14H,5-10H2,1-4H3. The van der Waals surface area contributed by atoms with Gasteiger partial charge in [0.25, 0.3) is 0 Å². The Morgan fingerprint density at radius 3 is 2.60 bits per heavy atom. The maximum Gasteiger partial charge on any atom is 0.0223 e. The average molecular weight is 212 g/mol. The van der Waals surface area contributed by atoms with Crippen molar-refractivity contribution in [3.63, 3.8) is 0 Å². The van der Waals surface area contributed by atoms with E-state index >= 15 is 0 Å². The fourth-order valence-electron chi connectivity index (χ4n) is 2.54. The molecule has 1 aliphatic heterocycles. The summed E-state index contributed by atoms with van der Waals surface area (Å²) in [6.45, 7) is 12.9. The smallest absolute Gasteiger partial charge is 0.0223 e. The molecule has 0 bridgehead atoms. The van der Waals surface area contributed by atoms with E-state index < -0.39 is 0 Å². The molecule has 0 aromatic carbocycles. The molecule has 1 fully saturated rings. The van der Waals surface area contributed by atoms with Crippen LogP contribution in [-0.2, 0) is 0 Å². The molecule has 0 aromatic heterocycles. The van der Waals surface area contributed by atoms with Crippen molar-refractivity contribution in [3.8, 4) is 0 Å². The minimum absolute atomic E-state index is 0.722. The Balaban J connectivity index is 2.46. The zero-order chi connectivity index (χ0) is 11.3. The Morgan fingerprint density at radius 2 is 2.07 bits per heavy atom. The second-order valence-corrected chi connectivity index (χ2v) is 5.29. The first-order valence-corrected chi connectivity index (χ1v) is 6.64. The number of hydrogen-bond donors (Lipinski definition) is 1. The van der Waals surface area contributed by atoms with E-state index in [9.17, 15) is 0 Å². The zero-order valence-electron chi connectivity index (χ0n) is 10.9. The van der Waals surface area contributed by atoms with Crippen LogP contribution in [0.4, 0.5) is 0 Å². The summed E-state index contributed by atoms with van der Waals surface area (Å²) in [5.74, 6) is 0.814. The van der Waals surface area contributed by atoms with Crippen LogP contribution in [0.3, 0.4) is 0 Å². The molecule has 2 nitrogen and oxygen atoms in total. The van der Waals surface area contributed by atoms with Gasteiger partial charge in [-0.25, -0.2) is 0 Å². The van der Waals surface area contributed by atoms with Gasteiger partial charge in [0.1, 0.15) is 0 Å². The molecule has 2 unspecified atom stereocenters. The quantitative estimate of drug-likeness (QED) is 0.753. The van der Waals surface area contributed by atoms with E-state index in [1.165, 1.54) is 38.9 Å². The van der Waals surface area contributed by atoms with Crippen molar-refractivity contribution in [2.75, 3.05) is 19.6 Å². The van der Waals surface area contributed by atoms with Crippen molar-refractivity contribution in [1.29, 1.82) is 0 Å². The number of rotatable bonds is 5. The van der Waals surface area contributed by atoms with Crippen molar-refractivity contribution < 1.29 is 0 Å². The van der Waals surface area contributed by atoms with Gasteiger partial charge in [-0.2, -0.15) is 0 Å². The molecule has 90 valence electrons. The first kappa shape index (κ1) is 13.0. The highest BCUT2D eigenvalue weighted by Gasteiger charge is 2.26. The van der Waals surface area contributed by atoms with Gasteiger partial charge >= 0.3 is 0 Å². The van der Waals surface area contributed by atoms with Crippen molar-refractivity contribution in [2.24, 2.45) is 5.92 Å². The molecular weight excluding hydrogens is 184 g/mol. The second-order valence-electron chi connectivity index (χ2n) is 5.29. The first-order valence-electron chi connectivity index (χ1n) is 6.64. The van der Waals surface area contributed by atoms with Crippen molar-refractivity contribution >= 4 is 0 Å². The predicted octanol–water partition coefficient (Wildman–Crippen LogP) is 2.49. The van der Waals surface area contributed by atoms with Crippen molar-refractivity contribution in [1.82, 2.24) is 10.2 Å². The molecule has 1 saturated heterocycles. The van der Waals surface area contributed by atoms with Gasteiger partial charge < -0.3 is 5.32 Å². The molecule has 1 N–H and O–H groups in total. The summed E-state index contributed by atoms with van der Waals surface area (Å²) in [6, 6.07) is 1.49. The summed E-state index contributed by atoms with van der Waals surface area (Å²) in [6.07, 6.45) is 3.88. The highest BCUT2D eigenvalue weighted by atomic mass is 15.2. The highest BCUT2D eigenvalue weighted by Crippen LogP contribution is 2.16. The van der Waals surface area contributed by atoms with Crippen LogP contribution in [0, 0.1) is 5.92 Å². The SMILES string of the molecule is CCCN1CC(CC)NCC1CC(C)C. The molecule has 0 spiro atoms. The largest absolute Gasteiger partial charge is 0.311 e. The molecule has 0 aliphatic carbocycles. The monoisotopic (exact) mass is 212 g/mol. The maximum absolute atomic E-state index is 3.67. The molecule has 1 aliphatic rings. The van der Waals surface area contributed by atoms with E-state index in [4.69, 9.17) is 0 Å². The van der Waals surface area contributed by atoms with Crippen LogP contribution in [0.2, 0.25) is 0 Å². The Morgan fingerprint density at radius 1 is 1.33 bits per heavy atom. The maximum atomic E-state index is 3.67. The average Bonchev–Trinajstić information content (AvgIpc) is 2.20.